The molecule has 0 N–H and O–H groups in total. The summed E-state index contributed by atoms with van der Waals surface area (Å²) in [7, 11) is 0. The molecule has 0 aromatic carbocycles. The lowest BCUT2D eigenvalue weighted by atomic mass is 9.98. The number of likely N-dealkylation sites (tertiary alicyclic amines) is 2. The summed E-state index contributed by atoms with van der Waals surface area (Å²) in [6.45, 7) is 9.44. The van der Waals surface area contributed by atoms with Crippen molar-refractivity contribution in [1.82, 2.24) is 19.8 Å². The molecule has 144 valence electrons. The van der Waals surface area contributed by atoms with Crippen LogP contribution in [0.4, 0.5) is 5.95 Å². The van der Waals surface area contributed by atoms with Crippen LogP contribution < -0.4 is 4.90 Å². The van der Waals surface area contributed by atoms with Crippen LogP contribution in [0.15, 0.2) is 12.4 Å². The number of piperidine rings is 1. The molecule has 0 bridgehead atoms. The molecule has 3 saturated heterocycles. The highest BCUT2D eigenvalue weighted by atomic mass is 16.5. The summed E-state index contributed by atoms with van der Waals surface area (Å²) >= 11 is 0. The van der Waals surface area contributed by atoms with Gasteiger partial charge in [-0.05, 0) is 58.3 Å². The van der Waals surface area contributed by atoms with E-state index in [1.807, 2.05) is 12.4 Å². The average molecular weight is 360 g/mol. The van der Waals surface area contributed by atoms with Crippen LogP contribution in [0.1, 0.15) is 44.1 Å². The van der Waals surface area contributed by atoms with Gasteiger partial charge in [0.1, 0.15) is 0 Å². The molecule has 3 aliphatic heterocycles. The predicted octanol–water partition coefficient (Wildman–Crippen LogP) is 2.15. The summed E-state index contributed by atoms with van der Waals surface area (Å²) in [6, 6.07) is 0.725. The van der Waals surface area contributed by atoms with E-state index in [0.717, 1.165) is 44.8 Å². The van der Waals surface area contributed by atoms with Crippen LogP contribution >= 0.6 is 0 Å². The fraction of sp³-hybridized carbons (Fsp3) is 0.800. The molecule has 3 aliphatic rings. The Morgan fingerprint density at radius 1 is 0.923 bits per heavy atom. The van der Waals surface area contributed by atoms with Crippen molar-refractivity contribution < 1.29 is 4.74 Å². The van der Waals surface area contributed by atoms with Gasteiger partial charge in [0.2, 0.25) is 5.95 Å². The Bertz CT molecular complexity index is 540. The first-order chi connectivity index (χ1) is 12.9. The molecule has 1 atom stereocenters. The molecule has 4 heterocycles. The van der Waals surface area contributed by atoms with Crippen LogP contribution in [0.25, 0.3) is 0 Å². The van der Waals surface area contributed by atoms with E-state index in [4.69, 9.17) is 4.74 Å². The second-order valence-corrected chi connectivity index (χ2v) is 7.95. The minimum atomic E-state index is 0.725. The van der Waals surface area contributed by atoms with Gasteiger partial charge >= 0.3 is 0 Å². The van der Waals surface area contributed by atoms with Crippen molar-refractivity contribution in [3.05, 3.63) is 18.0 Å². The second-order valence-electron chi connectivity index (χ2n) is 7.95. The predicted molar refractivity (Wildman–Crippen MR) is 103 cm³/mol. The van der Waals surface area contributed by atoms with Crippen molar-refractivity contribution in [3.8, 4) is 0 Å². The van der Waals surface area contributed by atoms with E-state index in [9.17, 15) is 0 Å². The Kier molecular flexibility index (Phi) is 6.35. The molecule has 4 rings (SSSR count). The van der Waals surface area contributed by atoms with Gasteiger partial charge in [-0.1, -0.05) is 6.42 Å². The Balaban J connectivity index is 1.31. The lowest BCUT2D eigenvalue weighted by Crippen LogP contribution is -2.41. The molecule has 0 saturated carbocycles. The van der Waals surface area contributed by atoms with Crippen molar-refractivity contribution in [2.24, 2.45) is 0 Å². The van der Waals surface area contributed by atoms with Gasteiger partial charge in [-0.3, -0.25) is 4.90 Å². The first-order valence-electron chi connectivity index (χ1n) is 10.5. The zero-order chi connectivity index (χ0) is 17.6. The highest BCUT2D eigenvalue weighted by Gasteiger charge is 2.24. The van der Waals surface area contributed by atoms with E-state index in [1.165, 1.54) is 70.3 Å². The summed E-state index contributed by atoms with van der Waals surface area (Å²) in [5.41, 5.74) is 1.25. The number of hydrogen-bond donors (Lipinski definition) is 0. The lowest BCUT2D eigenvalue weighted by molar-refractivity contribution is 0.120. The molecule has 0 aliphatic carbocycles. The molecule has 0 radical (unpaired) electrons. The van der Waals surface area contributed by atoms with Crippen molar-refractivity contribution in [2.75, 3.05) is 57.4 Å². The highest BCUT2D eigenvalue weighted by molar-refractivity contribution is 5.30. The van der Waals surface area contributed by atoms with E-state index in [2.05, 4.69) is 24.7 Å². The van der Waals surface area contributed by atoms with Gasteiger partial charge in [0.15, 0.2) is 0 Å². The van der Waals surface area contributed by atoms with Crippen LogP contribution in [0, 0.1) is 0 Å². The maximum absolute atomic E-state index is 5.41. The van der Waals surface area contributed by atoms with E-state index < -0.39 is 0 Å². The topological polar surface area (TPSA) is 44.7 Å². The quantitative estimate of drug-likeness (QED) is 0.776. The third-order valence-electron chi connectivity index (χ3n) is 6.10. The van der Waals surface area contributed by atoms with Crippen molar-refractivity contribution >= 4 is 5.95 Å². The van der Waals surface area contributed by atoms with Gasteiger partial charge in [0.05, 0.1) is 13.2 Å². The number of aromatic nitrogens is 2. The monoisotopic (exact) mass is 359 g/mol. The molecular formula is C20H33N5O. The maximum Gasteiger partial charge on any atom is 0.225 e. The Morgan fingerprint density at radius 3 is 2.42 bits per heavy atom. The fourth-order valence-corrected chi connectivity index (χ4v) is 4.52. The molecule has 0 spiro atoms. The molecule has 0 amide bonds. The number of hydrogen-bond acceptors (Lipinski definition) is 6. The maximum atomic E-state index is 5.41. The number of rotatable bonds is 6. The zero-order valence-electron chi connectivity index (χ0n) is 16.0. The first-order valence-corrected chi connectivity index (χ1v) is 10.5. The number of anilines is 1. The van der Waals surface area contributed by atoms with Crippen molar-refractivity contribution in [2.45, 2.75) is 51.1 Å². The van der Waals surface area contributed by atoms with Gasteiger partial charge in [0, 0.05) is 43.6 Å². The van der Waals surface area contributed by atoms with Crippen LogP contribution in [0.2, 0.25) is 0 Å². The van der Waals surface area contributed by atoms with Gasteiger partial charge in [-0.2, -0.15) is 0 Å². The number of ether oxygens (including phenoxy) is 1. The van der Waals surface area contributed by atoms with Gasteiger partial charge in [0.25, 0.3) is 0 Å². The van der Waals surface area contributed by atoms with Crippen LogP contribution in [0.3, 0.4) is 0 Å². The van der Waals surface area contributed by atoms with Crippen LogP contribution in [0.5, 0.6) is 0 Å². The molecule has 6 heteroatoms. The standard InChI is InChI=1S/C20H33N5O/c1-2-9-25(19(5-1)6-10-23-7-3-4-8-23)17-18-15-21-20(22-16-18)24-11-13-26-14-12-24/h15-16,19H,1-14,17H2. The van der Waals surface area contributed by atoms with E-state index in [-0.39, 0.29) is 0 Å². The lowest BCUT2D eigenvalue weighted by Gasteiger charge is -2.36. The normalized spacial score (nSPS) is 25.7. The summed E-state index contributed by atoms with van der Waals surface area (Å²) in [5.74, 6) is 0.848. The summed E-state index contributed by atoms with van der Waals surface area (Å²) in [6.07, 6.45) is 12.2. The second kappa shape index (κ2) is 9.11. The van der Waals surface area contributed by atoms with Crippen molar-refractivity contribution in [3.63, 3.8) is 0 Å². The van der Waals surface area contributed by atoms with Crippen LogP contribution in [-0.2, 0) is 11.3 Å². The highest BCUT2D eigenvalue weighted by Crippen LogP contribution is 2.23. The number of nitrogens with zero attached hydrogens (tertiary/aromatic N) is 5. The average Bonchev–Trinajstić information content (AvgIpc) is 3.22. The number of morpholine rings is 1. The fourth-order valence-electron chi connectivity index (χ4n) is 4.52. The van der Waals surface area contributed by atoms with Gasteiger partial charge in [-0.15, -0.1) is 0 Å². The SMILES string of the molecule is c1nc(N2CCOCC2)ncc1CN1CCCCC1CCN1CCCC1. The summed E-state index contributed by atoms with van der Waals surface area (Å²) < 4.78 is 5.41. The van der Waals surface area contributed by atoms with E-state index in [0.29, 0.717) is 0 Å². The van der Waals surface area contributed by atoms with Crippen molar-refractivity contribution in [1.29, 1.82) is 0 Å². The molecule has 26 heavy (non-hydrogen) atoms. The van der Waals surface area contributed by atoms with E-state index in [1.54, 1.807) is 0 Å². The molecule has 3 fully saturated rings. The van der Waals surface area contributed by atoms with Crippen LogP contribution in [-0.4, -0.2) is 78.3 Å². The summed E-state index contributed by atoms with van der Waals surface area (Å²) in [4.78, 5) is 16.8. The molecular weight excluding hydrogens is 326 g/mol. The Morgan fingerprint density at radius 2 is 1.65 bits per heavy atom. The molecule has 1 unspecified atom stereocenters. The Labute approximate surface area is 157 Å². The zero-order valence-corrected chi connectivity index (χ0v) is 16.0. The van der Waals surface area contributed by atoms with Gasteiger partial charge in [-0.25, -0.2) is 9.97 Å². The largest absolute Gasteiger partial charge is 0.378 e. The smallest absolute Gasteiger partial charge is 0.225 e. The minimum Gasteiger partial charge on any atom is -0.378 e. The first kappa shape index (κ1) is 18.1. The van der Waals surface area contributed by atoms with Gasteiger partial charge < -0.3 is 14.5 Å². The van der Waals surface area contributed by atoms with E-state index >= 15 is 0 Å². The summed E-state index contributed by atoms with van der Waals surface area (Å²) in [5, 5.41) is 0. The third kappa shape index (κ3) is 4.72. The molecule has 1 aromatic rings. The molecule has 1 aromatic heterocycles. The molecule has 6 nitrogen and oxygen atoms in total. The minimum absolute atomic E-state index is 0.725. The Hall–Kier alpha value is -1.24. The third-order valence-corrected chi connectivity index (χ3v) is 6.10.